The maximum Gasteiger partial charge on any atom is 0.138 e. The van der Waals surface area contributed by atoms with Crippen LogP contribution in [0.5, 0.6) is 5.75 Å². The molecule has 0 amide bonds. The molecular formula is C18H18Cl2N2O2S. The van der Waals surface area contributed by atoms with E-state index in [4.69, 9.17) is 27.9 Å². The molecule has 0 spiro atoms. The molecule has 1 aromatic heterocycles. The lowest BCUT2D eigenvalue weighted by atomic mass is 10.3. The number of aliphatic hydroxyl groups excluding tert-OH is 1. The molecule has 1 N–H and O–H groups in total. The van der Waals surface area contributed by atoms with Gasteiger partial charge in [0.15, 0.2) is 0 Å². The molecule has 0 aliphatic heterocycles. The van der Waals surface area contributed by atoms with Crippen molar-refractivity contribution >= 4 is 44.8 Å². The van der Waals surface area contributed by atoms with Gasteiger partial charge < -0.3 is 9.84 Å². The number of aliphatic hydroxyl groups is 1. The number of thiazole rings is 1. The molecule has 0 fully saturated rings. The van der Waals surface area contributed by atoms with Crippen LogP contribution in [0.4, 0.5) is 0 Å². The molecule has 132 valence electrons. The average Bonchev–Trinajstić information content (AvgIpc) is 2.95. The minimum Gasteiger partial charge on any atom is -0.489 e. The van der Waals surface area contributed by atoms with Crippen molar-refractivity contribution < 1.29 is 9.84 Å². The number of aromatic nitrogens is 1. The third kappa shape index (κ3) is 5.06. The molecule has 3 aromatic rings. The van der Waals surface area contributed by atoms with Crippen LogP contribution in [-0.2, 0) is 6.54 Å². The lowest BCUT2D eigenvalue weighted by Gasteiger charge is -2.20. The summed E-state index contributed by atoms with van der Waals surface area (Å²) in [6.45, 7) is 1.31. The summed E-state index contributed by atoms with van der Waals surface area (Å²) in [6, 6.07) is 13.1. The van der Waals surface area contributed by atoms with Crippen molar-refractivity contribution in [1.29, 1.82) is 0 Å². The van der Waals surface area contributed by atoms with E-state index in [1.165, 1.54) is 4.70 Å². The zero-order chi connectivity index (χ0) is 17.8. The normalized spacial score (nSPS) is 12.7. The molecule has 0 aliphatic rings. The Balaban J connectivity index is 1.50. The van der Waals surface area contributed by atoms with Gasteiger partial charge in [-0.05, 0) is 37.4 Å². The molecule has 0 bridgehead atoms. The van der Waals surface area contributed by atoms with Gasteiger partial charge in [0.05, 0.1) is 21.8 Å². The average molecular weight is 397 g/mol. The number of ether oxygens (including phenoxy) is 1. The SMILES string of the molecule is CN(Cc1nc2ccccc2s1)CC(O)COc1ccc(Cl)cc1Cl. The predicted octanol–water partition coefficient (Wildman–Crippen LogP) is 4.47. The number of benzene rings is 2. The first-order valence-electron chi connectivity index (χ1n) is 7.80. The maximum atomic E-state index is 10.2. The molecule has 0 saturated heterocycles. The van der Waals surface area contributed by atoms with E-state index >= 15 is 0 Å². The highest BCUT2D eigenvalue weighted by Crippen LogP contribution is 2.27. The first-order valence-corrected chi connectivity index (χ1v) is 9.37. The molecule has 3 rings (SSSR count). The van der Waals surface area contributed by atoms with Crippen molar-refractivity contribution in [2.75, 3.05) is 20.2 Å². The summed E-state index contributed by atoms with van der Waals surface area (Å²) in [5.74, 6) is 0.513. The zero-order valence-corrected chi connectivity index (χ0v) is 16.0. The second-order valence-corrected chi connectivity index (χ2v) is 7.77. The van der Waals surface area contributed by atoms with Gasteiger partial charge >= 0.3 is 0 Å². The van der Waals surface area contributed by atoms with Crippen LogP contribution in [0, 0.1) is 0 Å². The van der Waals surface area contributed by atoms with E-state index in [1.807, 2.05) is 30.1 Å². The maximum absolute atomic E-state index is 10.2. The number of para-hydroxylation sites is 1. The lowest BCUT2D eigenvalue weighted by molar-refractivity contribution is 0.0744. The zero-order valence-electron chi connectivity index (χ0n) is 13.7. The van der Waals surface area contributed by atoms with Gasteiger partial charge in [-0.25, -0.2) is 4.98 Å². The molecule has 1 atom stereocenters. The minimum absolute atomic E-state index is 0.158. The second-order valence-electron chi connectivity index (χ2n) is 5.81. The molecule has 0 aliphatic carbocycles. The van der Waals surface area contributed by atoms with Crippen LogP contribution in [0.2, 0.25) is 10.0 Å². The third-order valence-electron chi connectivity index (χ3n) is 3.59. The van der Waals surface area contributed by atoms with Crippen LogP contribution in [0.3, 0.4) is 0 Å². The summed E-state index contributed by atoms with van der Waals surface area (Å²) in [6.07, 6.45) is -0.633. The van der Waals surface area contributed by atoms with E-state index in [0.717, 1.165) is 10.5 Å². The van der Waals surface area contributed by atoms with E-state index in [2.05, 4.69) is 11.1 Å². The fraction of sp³-hybridized carbons (Fsp3) is 0.278. The first kappa shape index (κ1) is 18.4. The fourth-order valence-corrected chi connectivity index (χ4v) is 3.98. The molecular weight excluding hydrogens is 379 g/mol. The summed E-state index contributed by atoms with van der Waals surface area (Å²) < 4.78 is 6.75. The van der Waals surface area contributed by atoms with Gasteiger partial charge in [-0.1, -0.05) is 35.3 Å². The topological polar surface area (TPSA) is 45.6 Å². The van der Waals surface area contributed by atoms with Crippen LogP contribution < -0.4 is 4.74 Å². The molecule has 7 heteroatoms. The molecule has 1 unspecified atom stereocenters. The number of rotatable bonds is 7. The Labute approximate surface area is 160 Å². The van der Waals surface area contributed by atoms with E-state index in [0.29, 0.717) is 28.9 Å². The predicted molar refractivity (Wildman–Crippen MR) is 104 cm³/mol. The standard InChI is InChI=1S/C18H18Cl2N2O2S/c1-22(10-18-21-15-4-2-3-5-17(15)25-18)9-13(23)11-24-16-7-6-12(19)8-14(16)20/h2-8,13,23H,9-11H2,1H3. The van der Waals surface area contributed by atoms with E-state index < -0.39 is 6.10 Å². The van der Waals surface area contributed by atoms with Crippen LogP contribution >= 0.6 is 34.5 Å². The largest absolute Gasteiger partial charge is 0.489 e. The van der Waals surface area contributed by atoms with Gasteiger partial charge in [-0.2, -0.15) is 0 Å². The highest BCUT2D eigenvalue weighted by molar-refractivity contribution is 7.18. The number of hydrogen-bond acceptors (Lipinski definition) is 5. The Morgan fingerprint density at radius 2 is 2.04 bits per heavy atom. The molecule has 25 heavy (non-hydrogen) atoms. The van der Waals surface area contributed by atoms with Crippen molar-refractivity contribution in [1.82, 2.24) is 9.88 Å². The summed E-state index contributed by atoms with van der Waals surface area (Å²) in [5.41, 5.74) is 1.01. The minimum atomic E-state index is -0.633. The van der Waals surface area contributed by atoms with Gasteiger partial charge in [0, 0.05) is 11.6 Å². The van der Waals surface area contributed by atoms with Gasteiger partial charge in [-0.15, -0.1) is 11.3 Å². The Morgan fingerprint density at radius 3 is 2.80 bits per heavy atom. The number of hydrogen-bond donors (Lipinski definition) is 1. The molecule has 0 saturated carbocycles. The summed E-state index contributed by atoms with van der Waals surface area (Å²) >= 11 is 13.6. The van der Waals surface area contributed by atoms with Crippen molar-refractivity contribution in [3.63, 3.8) is 0 Å². The number of nitrogens with zero attached hydrogens (tertiary/aromatic N) is 2. The summed E-state index contributed by atoms with van der Waals surface area (Å²) in [5, 5.41) is 12.2. The van der Waals surface area contributed by atoms with Crippen molar-refractivity contribution in [3.05, 3.63) is 57.5 Å². The Kier molecular flexibility index (Phi) is 6.15. The highest BCUT2D eigenvalue weighted by Gasteiger charge is 2.13. The van der Waals surface area contributed by atoms with Crippen molar-refractivity contribution in [2.24, 2.45) is 0 Å². The van der Waals surface area contributed by atoms with Gasteiger partial charge in [0.2, 0.25) is 0 Å². The van der Waals surface area contributed by atoms with E-state index in [-0.39, 0.29) is 6.61 Å². The van der Waals surface area contributed by atoms with Crippen LogP contribution in [0.15, 0.2) is 42.5 Å². The first-order chi connectivity index (χ1) is 12.0. The van der Waals surface area contributed by atoms with Gasteiger partial charge in [-0.3, -0.25) is 4.90 Å². The second kappa shape index (κ2) is 8.34. The monoisotopic (exact) mass is 396 g/mol. The quantitative estimate of drug-likeness (QED) is 0.639. The summed E-state index contributed by atoms with van der Waals surface area (Å²) in [7, 11) is 1.95. The van der Waals surface area contributed by atoms with E-state index in [9.17, 15) is 5.11 Å². The third-order valence-corrected chi connectivity index (χ3v) is 5.14. The molecule has 2 aromatic carbocycles. The Morgan fingerprint density at radius 1 is 1.24 bits per heavy atom. The Hall–Kier alpha value is -1.37. The van der Waals surface area contributed by atoms with Crippen LogP contribution in [0.1, 0.15) is 5.01 Å². The fourth-order valence-electron chi connectivity index (χ4n) is 2.47. The summed E-state index contributed by atoms with van der Waals surface area (Å²) in [4.78, 5) is 6.63. The highest BCUT2D eigenvalue weighted by atomic mass is 35.5. The smallest absolute Gasteiger partial charge is 0.138 e. The number of likely N-dealkylation sites (N-methyl/N-ethyl adjacent to an activating group) is 1. The Bertz CT molecular complexity index is 823. The lowest BCUT2D eigenvalue weighted by Crippen LogP contribution is -2.32. The van der Waals surface area contributed by atoms with Crippen LogP contribution in [0.25, 0.3) is 10.2 Å². The van der Waals surface area contributed by atoms with Gasteiger partial charge in [0.25, 0.3) is 0 Å². The van der Waals surface area contributed by atoms with E-state index in [1.54, 1.807) is 29.5 Å². The number of fused-ring (bicyclic) bond motifs is 1. The molecule has 0 radical (unpaired) electrons. The van der Waals surface area contributed by atoms with Crippen molar-refractivity contribution in [2.45, 2.75) is 12.6 Å². The molecule has 4 nitrogen and oxygen atoms in total. The number of halogens is 2. The molecule has 1 heterocycles. The van der Waals surface area contributed by atoms with Crippen molar-refractivity contribution in [3.8, 4) is 5.75 Å². The van der Waals surface area contributed by atoms with Crippen LogP contribution in [-0.4, -0.2) is 41.3 Å². The van der Waals surface area contributed by atoms with Gasteiger partial charge in [0.1, 0.15) is 23.5 Å².